The van der Waals surface area contributed by atoms with E-state index in [4.69, 9.17) is 10.5 Å². The van der Waals surface area contributed by atoms with Crippen molar-refractivity contribution in [2.24, 2.45) is 5.73 Å². The number of carbonyl (C=O) groups excluding carboxylic acids is 2. The zero-order valence-corrected chi connectivity index (χ0v) is 14.6. The monoisotopic (exact) mass is 347 g/mol. The van der Waals surface area contributed by atoms with E-state index >= 15 is 0 Å². The van der Waals surface area contributed by atoms with Crippen molar-refractivity contribution in [1.82, 2.24) is 4.98 Å². The second kappa shape index (κ2) is 8.56. The fraction of sp³-hybridized carbons (Fsp3) is 0.353. The molecule has 2 aromatic rings. The van der Waals surface area contributed by atoms with E-state index in [9.17, 15) is 9.59 Å². The second-order valence-corrected chi connectivity index (χ2v) is 6.56. The number of amides is 1. The number of thiazole rings is 1. The molecule has 1 amide bonds. The normalized spacial score (nSPS) is 11.8. The van der Waals surface area contributed by atoms with Crippen LogP contribution in [0.5, 0.6) is 0 Å². The van der Waals surface area contributed by atoms with Crippen LogP contribution in [0.3, 0.4) is 0 Å². The van der Waals surface area contributed by atoms with Crippen molar-refractivity contribution in [3.8, 4) is 11.3 Å². The molecular formula is C17H21N3O3S. The van der Waals surface area contributed by atoms with Crippen LogP contribution in [-0.2, 0) is 20.7 Å². The molecule has 6 nitrogen and oxygen atoms in total. The summed E-state index contributed by atoms with van der Waals surface area (Å²) in [4.78, 5) is 28.8. The minimum Gasteiger partial charge on any atom is -0.469 e. The Morgan fingerprint density at radius 3 is 2.67 bits per heavy atom. The molecule has 0 spiro atoms. The van der Waals surface area contributed by atoms with E-state index in [2.05, 4.69) is 10.3 Å². The maximum atomic E-state index is 12.0. The highest BCUT2D eigenvalue weighted by Crippen LogP contribution is 2.31. The van der Waals surface area contributed by atoms with Crippen LogP contribution < -0.4 is 11.1 Å². The minimum absolute atomic E-state index is 0.0261. The summed E-state index contributed by atoms with van der Waals surface area (Å²) >= 11 is 1.29. The third-order valence-corrected chi connectivity index (χ3v) is 4.32. The molecule has 0 saturated carbocycles. The van der Waals surface area contributed by atoms with Crippen molar-refractivity contribution in [2.45, 2.75) is 32.2 Å². The van der Waals surface area contributed by atoms with Gasteiger partial charge >= 0.3 is 5.97 Å². The number of methoxy groups -OCH3 is 1. The van der Waals surface area contributed by atoms with E-state index in [0.717, 1.165) is 10.4 Å². The SMILES string of the molecule is COC(=O)Cc1sc(NC(=O)CCC(C)N)nc1-c1ccccc1. The number of anilines is 1. The predicted molar refractivity (Wildman–Crippen MR) is 94.8 cm³/mol. The standard InChI is InChI=1S/C17H21N3O3S/c1-11(18)8-9-14(21)19-17-20-16(12-6-4-3-5-7-12)13(24-17)10-15(22)23-2/h3-7,11H,8-10,18H2,1-2H3,(H,19,20,21). The Kier molecular flexibility index (Phi) is 6.45. The lowest BCUT2D eigenvalue weighted by Gasteiger charge is -2.04. The van der Waals surface area contributed by atoms with Gasteiger partial charge in [-0.05, 0) is 13.3 Å². The Hall–Kier alpha value is -2.25. The number of rotatable bonds is 7. The molecule has 3 N–H and O–H groups in total. The Morgan fingerprint density at radius 2 is 2.04 bits per heavy atom. The lowest BCUT2D eigenvalue weighted by atomic mass is 10.1. The van der Waals surface area contributed by atoms with Crippen LogP contribution in [-0.4, -0.2) is 30.0 Å². The van der Waals surface area contributed by atoms with E-state index in [1.54, 1.807) is 0 Å². The van der Waals surface area contributed by atoms with Gasteiger partial charge in [0.1, 0.15) is 0 Å². The summed E-state index contributed by atoms with van der Waals surface area (Å²) in [5, 5.41) is 3.25. The maximum absolute atomic E-state index is 12.0. The highest BCUT2D eigenvalue weighted by Gasteiger charge is 2.17. The maximum Gasteiger partial charge on any atom is 0.310 e. The number of nitrogens with one attached hydrogen (secondary N) is 1. The first-order valence-corrected chi connectivity index (χ1v) is 8.48. The zero-order valence-electron chi connectivity index (χ0n) is 13.7. The molecule has 2 rings (SSSR count). The van der Waals surface area contributed by atoms with Gasteiger partial charge in [-0.3, -0.25) is 9.59 Å². The Bertz CT molecular complexity index is 698. The average Bonchev–Trinajstić information content (AvgIpc) is 2.95. The topological polar surface area (TPSA) is 94.3 Å². The van der Waals surface area contributed by atoms with E-state index < -0.39 is 0 Å². The van der Waals surface area contributed by atoms with Gasteiger partial charge in [-0.15, -0.1) is 11.3 Å². The Morgan fingerprint density at radius 1 is 1.33 bits per heavy atom. The third-order valence-electron chi connectivity index (χ3n) is 3.35. The minimum atomic E-state index is -0.342. The summed E-state index contributed by atoms with van der Waals surface area (Å²) in [6.45, 7) is 1.86. The van der Waals surface area contributed by atoms with E-state index in [1.165, 1.54) is 18.4 Å². The van der Waals surface area contributed by atoms with E-state index in [1.807, 2.05) is 37.3 Å². The number of hydrogen-bond acceptors (Lipinski definition) is 6. The van der Waals surface area contributed by atoms with Gasteiger partial charge in [0.25, 0.3) is 0 Å². The predicted octanol–water partition coefficient (Wildman–Crippen LogP) is 2.59. The van der Waals surface area contributed by atoms with Crippen LogP contribution in [0.1, 0.15) is 24.6 Å². The van der Waals surface area contributed by atoms with E-state index in [-0.39, 0.29) is 24.3 Å². The van der Waals surface area contributed by atoms with Crippen molar-refractivity contribution in [3.05, 3.63) is 35.2 Å². The van der Waals surface area contributed by atoms with Crippen molar-refractivity contribution < 1.29 is 14.3 Å². The Balaban J connectivity index is 2.21. The van der Waals surface area contributed by atoms with Crippen LogP contribution in [0.4, 0.5) is 5.13 Å². The quantitative estimate of drug-likeness (QED) is 0.751. The van der Waals surface area contributed by atoms with Gasteiger partial charge in [0.15, 0.2) is 5.13 Å². The molecule has 1 aromatic heterocycles. The highest BCUT2D eigenvalue weighted by molar-refractivity contribution is 7.16. The van der Waals surface area contributed by atoms with Gasteiger partial charge in [-0.2, -0.15) is 0 Å². The van der Waals surface area contributed by atoms with Gasteiger partial charge < -0.3 is 15.8 Å². The van der Waals surface area contributed by atoms with Crippen molar-refractivity contribution in [1.29, 1.82) is 0 Å². The van der Waals surface area contributed by atoms with Crippen molar-refractivity contribution in [3.63, 3.8) is 0 Å². The molecule has 1 heterocycles. The number of esters is 1. The number of aromatic nitrogens is 1. The van der Waals surface area contributed by atoms with Crippen LogP contribution in [0.15, 0.2) is 30.3 Å². The first kappa shape index (κ1) is 18.1. The molecule has 0 radical (unpaired) electrons. The number of nitrogens with two attached hydrogens (primary N) is 1. The summed E-state index contributed by atoms with van der Waals surface area (Å²) in [7, 11) is 1.35. The summed E-state index contributed by atoms with van der Waals surface area (Å²) in [6, 6.07) is 9.51. The molecule has 0 aliphatic rings. The first-order chi connectivity index (χ1) is 11.5. The van der Waals surface area contributed by atoms with Gasteiger partial charge in [-0.25, -0.2) is 4.98 Å². The molecule has 0 aliphatic heterocycles. The largest absolute Gasteiger partial charge is 0.469 e. The van der Waals surface area contributed by atoms with Crippen LogP contribution in [0, 0.1) is 0 Å². The average molecular weight is 347 g/mol. The number of nitrogens with zero attached hydrogens (tertiary/aromatic N) is 1. The fourth-order valence-electron chi connectivity index (χ4n) is 2.09. The van der Waals surface area contributed by atoms with E-state index in [0.29, 0.717) is 23.7 Å². The van der Waals surface area contributed by atoms with Gasteiger partial charge in [0, 0.05) is 22.9 Å². The summed E-state index contributed by atoms with van der Waals surface area (Å²) in [6.07, 6.45) is 1.07. The first-order valence-electron chi connectivity index (χ1n) is 7.67. The molecule has 0 bridgehead atoms. The molecule has 24 heavy (non-hydrogen) atoms. The molecule has 0 aliphatic carbocycles. The number of ether oxygens (including phenoxy) is 1. The van der Waals surface area contributed by atoms with Crippen LogP contribution >= 0.6 is 11.3 Å². The molecular weight excluding hydrogens is 326 g/mol. The number of carbonyl (C=O) groups is 2. The molecule has 7 heteroatoms. The molecule has 0 fully saturated rings. The molecule has 128 valence electrons. The van der Waals surface area contributed by atoms with Crippen molar-refractivity contribution >= 4 is 28.3 Å². The fourth-order valence-corrected chi connectivity index (χ4v) is 3.08. The summed E-state index contributed by atoms with van der Waals surface area (Å²) in [5.74, 6) is -0.476. The summed E-state index contributed by atoms with van der Waals surface area (Å²) < 4.78 is 4.74. The lowest BCUT2D eigenvalue weighted by Crippen LogP contribution is -2.19. The number of benzene rings is 1. The molecule has 1 aromatic carbocycles. The van der Waals surface area contributed by atoms with Gasteiger partial charge in [0.2, 0.25) is 5.91 Å². The molecule has 1 unspecified atom stereocenters. The Labute approximate surface area is 145 Å². The van der Waals surface area contributed by atoms with Crippen molar-refractivity contribution in [2.75, 3.05) is 12.4 Å². The molecule has 0 saturated heterocycles. The van der Waals surface area contributed by atoms with Crippen LogP contribution in [0.2, 0.25) is 0 Å². The van der Waals surface area contributed by atoms with Gasteiger partial charge in [0.05, 0.1) is 19.2 Å². The number of hydrogen-bond donors (Lipinski definition) is 2. The summed E-state index contributed by atoms with van der Waals surface area (Å²) in [5.41, 5.74) is 7.24. The highest BCUT2D eigenvalue weighted by atomic mass is 32.1. The zero-order chi connectivity index (χ0) is 17.5. The lowest BCUT2D eigenvalue weighted by molar-refractivity contribution is -0.139. The smallest absolute Gasteiger partial charge is 0.310 e. The third kappa shape index (κ3) is 5.14. The van der Waals surface area contributed by atoms with Gasteiger partial charge in [-0.1, -0.05) is 30.3 Å². The second-order valence-electron chi connectivity index (χ2n) is 5.47. The van der Waals surface area contributed by atoms with Crippen LogP contribution in [0.25, 0.3) is 11.3 Å². The molecule has 1 atom stereocenters.